The summed E-state index contributed by atoms with van der Waals surface area (Å²) in [5, 5.41) is 0. The molecule has 0 aliphatic heterocycles. The molecule has 0 heterocycles. The van der Waals surface area contributed by atoms with Gasteiger partial charge in [0, 0.05) is 6.04 Å². The third-order valence-electron chi connectivity index (χ3n) is 3.07. The topological polar surface area (TPSA) is 35.2 Å². The van der Waals surface area contributed by atoms with E-state index in [0.717, 1.165) is 25.9 Å². The quantitative estimate of drug-likeness (QED) is 0.817. The lowest BCUT2D eigenvalue weighted by molar-refractivity contribution is 0.0502. The van der Waals surface area contributed by atoms with E-state index in [9.17, 15) is 0 Å². The van der Waals surface area contributed by atoms with Gasteiger partial charge in [0.05, 0.1) is 12.7 Å². The van der Waals surface area contributed by atoms with Crippen LogP contribution >= 0.6 is 0 Å². The molecule has 2 rings (SSSR count). The van der Waals surface area contributed by atoms with Crippen LogP contribution in [0.3, 0.4) is 0 Å². The van der Waals surface area contributed by atoms with Gasteiger partial charge in [-0.25, -0.2) is 0 Å². The van der Waals surface area contributed by atoms with Crippen molar-refractivity contribution < 1.29 is 4.74 Å². The van der Waals surface area contributed by atoms with Crippen LogP contribution in [0.25, 0.3) is 0 Å². The Kier molecular flexibility index (Phi) is 3.75. The van der Waals surface area contributed by atoms with Crippen molar-refractivity contribution in [3.63, 3.8) is 0 Å². The second-order valence-electron chi connectivity index (χ2n) is 4.24. The normalized spacial score (nSPS) is 25.7. The van der Waals surface area contributed by atoms with Crippen molar-refractivity contribution in [1.82, 2.24) is 0 Å². The fraction of sp³-hybridized carbons (Fsp3) is 0.538. The monoisotopic (exact) mass is 205 g/mol. The van der Waals surface area contributed by atoms with Gasteiger partial charge in [-0.05, 0) is 31.2 Å². The molecule has 1 aliphatic rings. The lowest BCUT2D eigenvalue weighted by Gasteiger charge is -2.16. The van der Waals surface area contributed by atoms with Gasteiger partial charge in [-0.2, -0.15) is 0 Å². The van der Waals surface area contributed by atoms with Crippen LogP contribution in [-0.2, 0) is 11.2 Å². The van der Waals surface area contributed by atoms with E-state index >= 15 is 0 Å². The van der Waals surface area contributed by atoms with Gasteiger partial charge < -0.3 is 10.5 Å². The summed E-state index contributed by atoms with van der Waals surface area (Å²) in [7, 11) is 0. The number of rotatable bonds is 4. The van der Waals surface area contributed by atoms with E-state index < -0.39 is 0 Å². The Balaban J connectivity index is 1.71. The van der Waals surface area contributed by atoms with Crippen molar-refractivity contribution in [2.24, 2.45) is 5.73 Å². The molecule has 2 N–H and O–H groups in total. The number of hydrogen-bond donors (Lipinski definition) is 1. The minimum absolute atomic E-state index is 0.265. The van der Waals surface area contributed by atoms with Crippen LogP contribution in [0, 0.1) is 0 Å². The molecule has 0 aromatic heterocycles. The Morgan fingerprint density at radius 3 is 2.67 bits per heavy atom. The molecule has 2 nitrogen and oxygen atoms in total. The largest absolute Gasteiger partial charge is 0.376 e. The molecule has 0 spiro atoms. The highest BCUT2D eigenvalue weighted by Crippen LogP contribution is 2.20. The lowest BCUT2D eigenvalue weighted by atomic mass is 10.2. The van der Waals surface area contributed by atoms with Gasteiger partial charge in [0.1, 0.15) is 0 Å². The van der Waals surface area contributed by atoms with E-state index in [1.807, 2.05) is 6.07 Å². The summed E-state index contributed by atoms with van der Waals surface area (Å²) in [4.78, 5) is 0. The van der Waals surface area contributed by atoms with Crippen LogP contribution in [0.5, 0.6) is 0 Å². The van der Waals surface area contributed by atoms with Crippen molar-refractivity contribution in [1.29, 1.82) is 0 Å². The Morgan fingerprint density at radius 2 is 2.00 bits per heavy atom. The second-order valence-corrected chi connectivity index (χ2v) is 4.24. The molecule has 0 saturated heterocycles. The lowest BCUT2D eigenvalue weighted by Crippen LogP contribution is -2.31. The molecule has 0 amide bonds. The number of ether oxygens (including phenoxy) is 1. The van der Waals surface area contributed by atoms with E-state index in [1.165, 1.54) is 12.0 Å². The molecule has 0 radical (unpaired) electrons. The predicted octanol–water partition coefficient (Wildman–Crippen LogP) is 2.13. The van der Waals surface area contributed by atoms with E-state index in [4.69, 9.17) is 10.5 Å². The summed E-state index contributed by atoms with van der Waals surface area (Å²) in [6.45, 7) is 0.794. The zero-order valence-electron chi connectivity index (χ0n) is 9.06. The molecule has 1 aromatic carbocycles. The van der Waals surface area contributed by atoms with Crippen molar-refractivity contribution in [3.8, 4) is 0 Å². The van der Waals surface area contributed by atoms with Crippen molar-refractivity contribution in [3.05, 3.63) is 35.9 Å². The first-order chi connectivity index (χ1) is 7.36. The van der Waals surface area contributed by atoms with Crippen LogP contribution in [0.1, 0.15) is 24.8 Å². The summed E-state index contributed by atoms with van der Waals surface area (Å²) in [5.41, 5.74) is 7.27. The van der Waals surface area contributed by atoms with Crippen LogP contribution in [0.2, 0.25) is 0 Å². The first-order valence-corrected chi connectivity index (χ1v) is 5.77. The van der Waals surface area contributed by atoms with Gasteiger partial charge in [-0.1, -0.05) is 30.3 Å². The van der Waals surface area contributed by atoms with E-state index in [2.05, 4.69) is 24.3 Å². The summed E-state index contributed by atoms with van der Waals surface area (Å²) < 4.78 is 5.79. The highest BCUT2D eigenvalue weighted by molar-refractivity contribution is 5.14. The Labute approximate surface area is 91.4 Å². The molecule has 2 unspecified atom stereocenters. The van der Waals surface area contributed by atoms with Crippen molar-refractivity contribution in [2.75, 3.05) is 6.61 Å². The summed E-state index contributed by atoms with van der Waals surface area (Å²) >= 11 is 0. The molecule has 1 saturated carbocycles. The first kappa shape index (κ1) is 10.7. The second kappa shape index (κ2) is 5.29. The SMILES string of the molecule is NC1CCCC1OCCc1ccccc1. The highest BCUT2D eigenvalue weighted by atomic mass is 16.5. The molecular formula is C13H19NO. The molecular weight excluding hydrogens is 186 g/mol. The van der Waals surface area contributed by atoms with Crippen LogP contribution in [0.4, 0.5) is 0 Å². The minimum Gasteiger partial charge on any atom is -0.376 e. The first-order valence-electron chi connectivity index (χ1n) is 5.77. The van der Waals surface area contributed by atoms with Crippen LogP contribution < -0.4 is 5.73 Å². The summed E-state index contributed by atoms with van der Waals surface area (Å²) in [6.07, 6.45) is 4.77. The summed E-state index contributed by atoms with van der Waals surface area (Å²) in [5.74, 6) is 0. The average Bonchev–Trinajstić information content (AvgIpc) is 2.66. The fourth-order valence-electron chi connectivity index (χ4n) is 2.13. The van der Waals surface area contributed by atoms with Gasteiger partial charge in [-0.3, -0.25) is 0 Å². The van der Waals surface area contributed by atoms with Gasteiger partial charge >= 0.3 is 0 Å². The summed E-state index contributed by atoms with van der Waals surface area (Å²) in [6, 6.07) is 10.7. The molecule has 15 heavy (non-hydrogen) atoms. The fourth-order valence-corrected chi connectivity index (χ4v) is 2.13. The Bertz CT molecular complexity index is 286. The predicted molar refractivity (Wildman–Crippen MR) is 61.7 cm³/mol. The van der Waals surface area contributed by atoms with Crippen molar-refractivity contribution in [2.45, 2.75) is 37.8 Å². The smallest absolute Gasteiger partial charge is 0.0726 e. The third kappa shape index (κ3) is 3.05. The maximum Gasteiger partial charge on any atom is 0.0726 e. The molecule has 2 heteroatoms. The van der Waals surface area contributed by atoms with E-state index in [1.54, 1.807) is 0 Å². The van der Waals surface area contributed by atoms with Crippen molar-refractivity contribution >= 4 is 0 Å². The Hall–Kier alpha value is -0.860. The van der Waals surface area contributed by atoms with Gasteiger partial charge in [-0.15, -0.1) is 0 Å². The molecule has 0 bridgehead atoms. The zero-order valence-corrected chi connectivity index (χ0v) is 9.06. The maximum absolute atomic E-state index is 5.93. The average molecular weight is 205 g/mol. The standard InChI is InChI=1S/C13H19NO/c14-12-7-4-8-13(12)15-10-9-11-5-2-1-3-6-11/h1-3,5-6,12-13H,4,7-10,14H2. The van der Waals surface area contributed by atoms with E-state index in [0.29, 0.717) is 6.10 Å². The maximum atomic E-state index is 5.93. The molecule has 1 fully saturated rings. The molecule has 2 atom stereocenters. The molecule has 1 aliphatic carbocycles. The molecule has 82 valence electrons. The number of hydrogen-bond acceptors (Lipinski definition) is 2. The number of benzene rings is 1. The van der Waals surface area contributed by atoms with Crippen LogP contribution in [0.15, 0.2) is 30.3 Å². The number of nitrogens with two attached hydrogens (primary N) is 1. The van der Waals surface area contributed by atoms with E-state index in [-0.39, 0.29) is 6.04 Å². The van der Waals surface area contributed by atoms with Crippen LogP contribution in [-0.4, -0.2) is 18.8 Å². The highest BCUT2D eigenvalue weighted by Gasteiger charge is 2.23. The minimum atomic E-state index is 0.265. The van der Waals surface area contributed by atoms with Gasteiger partial charge in [0.2, 0.25) is 0 Å². The van der Waals surface area contributed by atoms with Gasteiger partial charge in [0.25, 0.3) is 0 Å². The molecule has 1 aromatic rings. The Morgan fingerprint density at radius 1 is 1.20 bits per heavy atom. The third-order valence-corrected chi connectivity index (χ3v) is 3.07. The zero-order chi connectivity index (χ0) is 10.5. The van der Waals surface area contributed by atoms with Gasteiger partial charge in [0.15, 0.2) is 0 Å².